The van der Waals surface area contributed by atoms with E-state index in [9.17, 15) is 9.59 Å². The maximum absolute atomic E-state index is 12.2. The number of nitrogens with one attached hydrogen (secondary N) is 1. The minimum Gasteiger partial charge on any atom is -0.352 e. The van der Waals surface area contributed by atoms with E-state index in [1.54, 1.807) is 13.1 Å². The van der Waals surface area contributed by atoms with Gasteiger partial charge in [0.15, 0.2) is 0 Å². The Morgan fingerprint density at radius 1 is 1.12 bits per heavy atom. The first-order valence-corrected chi connectivity index (χ1v) is 8.69. The first kappa shape index (κ1) is 17.8. The first-order chi connectivity index (χ1) is 12.5. The molecule has 1 aliphatic rings. The summed E-state index contributed by atoms with van der Waals surface area (Å²) in [5.74, 6) is 0.576. The van der Waals surface area contributed by atoms with Crippen molar-refractivity contribution in [2.45, 2.75) is 20.4 Å². The third-order valence-electron chi connectivity index (χ3n) is 4.46. The van der Waals surface area contributed by atoms with Crippen LogP contribution in [0.2, 0.25) is 0 Å². The number of carbonyl (C=O) groups excluding carboxylic acids is 2. The molecule has 0 spiro atoms. The van der Waals surface area contributed by atoms with E-state index in [2.05, 4.69) is 20.2 Å². The first-order valence-electron chi connectivity index (χ1n) is 8.69. The quantitative estimate of drug-likeness (QED) is 0.898. The van der Waals surface area contributed by atoms with Crippen molar-refractivity contribution >= 4 is 17.6 Å². The molecule has 1 aliphatic heterocycles. The van der Waals surface area contributed by atoms with Gasteiger partial charge in [-0.3, -0.25) is 9.59 Å². The summed E-state index contributed by atoms with van der Waals surface area (Å²) in [5.41, 5.74) is 2.50. The van der Waals surface area contributed by atoms with Crippen LogP contribution in [0.1, 0.15) is 28.5 Å². The fourth-order valence-electron chi connectivity index (χ4n) is 2.95. The molecule has 0 unspecified atom stereocenters. The SMILES string of the molecule is CC(=O)N1CCN(c2cnc(C(=O)NCc3cccc(C)c3)cn2)CC1. The number of rotatable bonds is 4. The van der Waals surface area contributed by atoms with E-state index >= 15 is 0 Å². The lowest BCUT2D eigenvalue weighted by atomic mass is 10.1. The number of aromatic nitrogens is 2. The summed E-state index contributed by atoms with van der Waals surface area (Å²) < 4.78 is 0. The highest BCUT2D eigenvalue weighted by atomic mass is 16.2. The zero-order valence-corrected chi connectivity index (χ0v) is 15.1. The van der Waals surface area contributed by atoms with Crippen LogP contribution >= 0.6 is 0 Å². The Kier molecular flexibility index (Phi) is 5.46. The standard InChI is InChI=1S/C19H23N5O2/c1-14-4-3-5-16(10-14)11-22-19(26)17-12-21-18(13-20-17)24-8-6-23(7-9-24)15(2)25/h3-5,10,12-13H,6-9,11H2,1-2H3,(H,22,26). The lowest BCUT2D eigenvalue weighted by molar-refractivity contribution is -0.129. The lowest BCUT2D eigenvalue weighted by Crippen LogP contribution is -2.48. The highest BCUT2D eigenvalue weighted by Crippen LogP contribution is 2.12. The number of aryl methyl sites for hydroxylation is 1. The van der Waals surface area contributed by atoms with Crippen LogP contribution in [-0.4, -0.2) is 52.9 Å². The second-order valence-electron chi connectivity index (χ2n) is 6.42. The van der Waals surface area contributed by atoms with Crippen LogP contribution in [0.15, 0.2) is 36.7 Å². The number of piperazine rings is 1. The molecule has 0 bridgehead atoms. The van der Waals surface area contributed by atoms with E-state index in [4.69, 9.17) is 0 Å². The van der Waals surface area contributed by atoms with Crippen molar-refractivity contribution in [2.24, 2.45) is 0 Å². The monoisotopic (exact) mass is 353 g/mol. The Balaban J connectivity index is 1.55. The number of hydrogen-bond donors (Lipinski definition) is 1. The molecule has 2 amide bonds. The van der Waals surface area contributed by atoms with Gasteiger partial charge in [-0.05, 0) is 12.5 Å². The number of anilines is 1. The summed E-state index contributed by atoms with van der Waals surface area (Å²) in [4.78, 5) is 36.1. The van der Waals surface area contributed by atoms with Gasteiger partial charge in [0.05, 0.1) is 12.4 Å². The van der Waals surface area contributed by atoms with Gasteiger partial charge in [-0.15, -0.1) is 0 Å². The second-order valence-corrected chi connectivity index (χ2v) is 6.42. The third kappa shape index (κ3) is 4.36. The van der Waals surface area contributed by atoms with Crippen molar-refractivity contribution in [2.75, 3.05) is 31.1 Å². The Morgan fingerprint density at radius 2 is 1.88 bits per heavy atom. The van der Waals surface area contributed by atoms with Crippen molar-refractivity contribution in [3.8, 4) is 0 Å². The van der Waals surface area contributed by atoms with Gasteiger partial charge in [-0.1, -0.05) is 29.8 Å². The van der Waals surface area contributed by atoms with E-state index in [1.165, 1.54) is 6.20 Å². The van der Waals surface area contributed by atoms with E-state index in [1.807, 2.05) is 36.1 Å². The Morgan fingerprint density at radius 3 is 2.50 bits per heavy atom. The molecular weight excluding hydrogens is 330 g/mol. The summed E-state index contributed by atoms with van der Waals surface area (Å²) in [7, 11) is 0. The van der Waals surface area contributed by atoms with Crippen LogP contribution < -0.4 is 10.2 Å². The highest BCUT2D eigenvalue weighted by molar-refractivity contribution is 5.92. The van der Waals surface area contributed by atoms with Gasteiger partial charge in [0.25, 0.3) is 5.91 Å². The molecule has 2 heterocycles. The molecule has 1 N–H and O–H groups in total. The molecule has 26 heavy (non-hydrogen) atoms. The molecule has 1 fully saturated rings. The van der Waals surface area contributed by atoms with Crippen molar-refractivity contribution < 1.29 is 9.59 Å². The number of nitrogens with zero attached hydrogens (tertiary/aromatic N) is 4. The number of amides is 2. The van der Waals surface area contributed by atoms with Crippen molar-refractivity contribution in [3.63, 3.8) is 0 Å². The molecule has 0 atom stereocenters. The smallest absolute Gasteiger partial charge is 0.271 e. The topological polar surface area (TPSA) is 78.4 Å². The molecule has 7 nitrogen and oxygen atoms in total. The largest absolute Gasteiger partial charge is 0.352 e. The number of carbonyl (C=O) groups is 2. The van der Waals surface area contributed by atoms with Gasteiger partial charge in [-0.25, -0.2) is 9.97 Å². The van der Waals surface area contributed by atoms with Gasteiger partial charge in [0.1, 0.15) is 11.5 Å². The summed E-state index contributed by atoms with van der Waals surface area (Å²) in [6.45, 7) is 6.84. The number of benzene rings is 1. The normalized spacial score (nSPS) is 14.2. The summed E-state index contributed by atoms with van der Waals surface area (Å²) in [6, 6.07) is 8.00. The van der Waals surface area contributed by atoms with Crippen molar-refractivity contribution in [3.05, 3.63) is 53.5 Å². The van der Waals surface area contributed by atoms with Gasteiger partial charge < -0.3 is 15.1 Å². The fourth-order valence-corrected chi connectivity index (χ4v) is 2.95. The third-order valence-corrected chi connectivity index (χ3v) is 4.46. The second kappa shape index (κ2) is 7.95. The molecule has 3 rings (SSSR count). The van der Waals surface area contributed by atoms with Crippen LogP contribution in [-0.2, 0) is 11.3 Å². The molecule has 136 valence electrons. The molecule has 0 radical (unpaired) electrons. The van der Waals surface area contributed by atoms with Gasteiger partial charge in [0, 0.05) is 39.6 Å². The summed E-state index contributed by atoms with van der Waals surface area (Å²) in [6.07, 6.45) is 3.11. The Bertz CT molecular complexity index is 783. The zero-order valence-electron chi connectivity index (χ0n) is 15.1. The van der Waals surface area contributed by atoms with Crippen LogP contribution in [0.5, 0.6) is 0 Å². The maximum atomic E-state index is 12.2. The van der Waals surface area contributed by atoms with E-state index < -0.39 is 0 Å². The van der Waals surface area contributed by atoms with Crippen LogP contribution in [0.4, 0.5) is 5.82 Å². The lowest BCUT2D eigenvalue weighted by Gasteiger charge is -2.34. The predicted molar refractivity (Wildman–Crippen MR) is 98.8 cm³/mol. The molecular formula is C19H23N5O2. The fraction of sp³-hybridized carbons (Fsp3) is 0.368. The highest BCUT2D eigenvalue weighted by Gasteiger charge is 2.20. The molecule has 0 saturated carbocycles. The minimum atomic E-state index is -0.244. The van der Waals surface area contributed by atoms with Crippen molar-refractivity contribution in [1.29, 1.82) is 0 Å². The molecule has 0 aliphatic carbocycles. The van der Waals surface area contributed by atoms with Gasteiger partial charge in [-0.2, -0.15) is 0 Å². The number of hydrogen-bond acceptors (Lipinski definition) is 5. The van der Waals surface area contributed by atoms with Gasteiger partial charge in [0.2, 0.25) is 5.91 Å². The van der Waals surface area contributed by atoms with Gasteiger partial charge >= 0.3 is 0 Å². The van der Waals surface area contributed by atoms with E-state index in [-0.39, 0.29) is 11.8 Å². The average molecular weight is 353 g/mol. The molecule has 1 aromatic carbocycles. The maximum Gasteiger partial charge on any atom is 0.271 e. The molecule has 2 aromatic rings. The minimum absolute atomic E-state index is 0.0939. The Hall–Kier alpha value is -2.96. The van der Waals surface area contributed by atoms with Crippen LogP contribution in [0.3, 0.4) is 0 Å². The molecule has 1 aromatic heterocycles. The molecule has 1 saturated heterocycles. The molecule has 7 heteroatoms. The van der Waals surface area contributed by atoms with E-state index in [0.717, 1.165) is 16.9 Å². The predicted octanol–water partition coefficient (Wildman–Crippen LogP) is 1.38. The van der Waals surface area contributed by atoms with Crippen LogP contribution in [0.25, 0.3) is 0 Å². The zero-order chi connectivity index (χ0) is 18.5. The Labute approximate surface area is 153 Å². The van der Waals surface area contributed by atoms with E-state index in [0.29, 0.717) is 38.4 Å². The van der Waals surface area contributed by atoms with Crippen LogP contribution in [0, 0.1) is 6.92 Å². The van der Waals surface area contributed by atoms with Crippen molar-refractivity contribution in [1.82, 2.24) is 20.2 Å². The average Bonchev–Trinajstić information content (AvgIpc) is 2.66. The summed E-state index contributed by atoms with van der Waals surface area (Å²) in [5, 5.41) is 2.86. The summed E-state index contributed by atoms with van der Waals surface area (Å²) >= 11 is 0.